The summed E-state index contributed by atoms with van der Waals surface area (Å²) < 4.78 is 19.6. The van der Waals surface area contributed by atoms with E-state index < -0.39 is 12.6 Å². The van der Waals surface area contributed by atoms with Crippen LogP contribution < -0.4 is 0 Å². The quantitative estimate of drug-likeness (QED) is 0.239. The summed E-state index contributed by atoms with van der Waals surface area (Å²) >= 11 is -5.58. The standard InChI is InChI=1S/C16H21.C5H5.7CH3.Hf/c1-4-5-6-7-14-8-9-15-10-12(2)13(3)11-16(14)15;1-2-4-5-3-1;;;;;;;;/h8-11H,4-7H2,1-3H3;1-5H;7*1H3;. The molecular formula is C28H47Hf. The van der Waals surface area contributed by atoms with Gasteiger partial charge < -0.3 is 0 Å². The maximum atomic E-state index is 2.74. The van der Waals surface area contributed by atoms with Crippen molar-refractivity contribution in [2.24, 2.45) is 0 Å². The van der Waals surface area contributed by atoms with Crippen LogP contribution in [0.2, 0.25) is 36.4 Å². The first-order chi connectivity index (χ1) is 12.6. The van der Waals surface area contributed by atoms with Gasteiger partial charge in [0.25, 0.3) is 0 Å². The second-order valence-electron chi connectivity index (χ2n) is 21.0. The molecule has 0 amide bonds. The van der Waals surface area contributed by atoms with Crippen LogP contribution in [0.3, 0.4) is 0 Å². The normalized spacial score (nSPS) is 28.7. The van der Waals surface area contributed by atoms with Gasteiger partial charge in [-0.1, -0.05) is 0 Å². The van der Waals surface area contributed by atoms with E-state index in [1.54, 1.807) is 5.56 Å². The zero-order valence-electron chi connectivity index (χ0n) is 21.0. The first-order valence-corrected chi connectivity index (χ1v) is 41.1. The molecule has 0 fully saturated rings. The predicted octanol–water partition coefficient (Wildman–Crippen LogP) is 10.2. The number of unbranched alkanes of at least 4 members (excludes halogenated alkanes) is 2. The zero-order chi connectivity index (χ0) is 22.2. The number of aryl methyl sites for hydroxylation is 2. The summed E-state index contributed by atoms with van der Waals surface area (Å²) in [4.78, 5) is 0. The molecule has 1 unspecified atom stereocenters. The van der Waals surface area contributed by atoms with E-state index in [0.29, 0.717) is 3.67 Å². The molecule has 0 spiro atoms. The fraction of sp³-hybridized carbons (Fsp3) is 0.571. The Labute approximate surface area is 168 Å². The molecule has 0 bridgehead atoms. The number of fused-ring (bicyclic) bond motifs is 1. The van der Waals surface area contributed by atoms with Crippen LogP contribution in [0.5, 0.6) is 0 Å². The topological polar surface area (TPSA) is 0 Å². The summed E-state index contributed by atoms with van der Waals surface area (Å²) in [6, 6.07) is 4.97. The van der Waals surface area contributed by atoms with Gasteiger partial charge >= 0.3 is 170 Å². The summed E-state index contributed by atoms with van der Waals surface area (Å²) in [5.74, 6) is 0. The fourth-order valence-corrected chi connectivity index (χ4v) is 41.0. The average Bonchev–Trinajstić information content (AvgIpc) is 3.17. The van der Waals surface area contributed by atoms with Crippen molar-refractivity contribution >= 4 is 6.08 Å². The van der Waals surface area contributed by atoms with E-state index in [1.807, 2.05) is 0 Å². The minimum absolute atomic E-state index is 0.00575. The van der Waals surface area contributed by atoms with Crippen molar-refractivity contribution in [1.29, 1.82) is 0 Å². The molecule has 0 nitrogen and oxygen atoms in total. The summed E-state index contributed by atoms with van der Waals surface area (Å²) in [7, 11) is 0. The summed E-state index contributed by atoms with van der Waals surface area (Å²) in [5, 5.41) is 0. The first-order valence-electron chi connectivity index (χ1n) is 12.1. The third kappa shape index (κ3) is 2.71. The van der Waals surface area contributed by atoms with Crippen LogP contribution in [0, 0.1) is 13.8 Å². The molecule has 0 saturated carbocycles. The molecule has 0 radical (unpaired) electrons. The first kappa shape index (κ1) is 23.0. The van der Waals surface area contributed by atoms with Crippen molar-refractivity contribution in [3.63, 3.8) is 0 Å². The Hall–Kier alpha value is -0.690. The second kappa shape index (κ2) is 4.05. The Morgan fingerprint density at radius 3 is 1.93 bits per heavy atom. The predicted molar refractivity (Wildman–Crippen MR) is 134 cm³/mol. The SMILES string of the molecule is CCCCC[C]1([Hf]([CH3])([CH3])([CH3])([CH3])([CH3])([CH3])([CH3])[CH]2C=CC=C2)C=Cc2cc(C)c(C)cc21. The van der Waals surface area contributed by atoms with Gasteiger partial charge in [0.15, 0.2) is 0 Å². The zero-order valence-corrected chi connectivity index (χ0v) is 24.6. The van der Waals surface area contributed by atoms with Gasteiger partial charge in [-0.05, 0) is 0 Å². The fourth-order valence-electron chi connectivity index (χ4n) is 7.33. The molecule has 0 N–H and O–H groups in total. The molecule has 0 saturated heterocycles. The number of allylic oxidation sites excluding steroid dienone is 5. The van der Waals surface area contributed by atoms with Gasteiger partial charge in [-0.2, -0.15) is 0 Å². The van der Waals surface area contributed by atoms with Gasteiger partial charge in [0.1, 0.15) is 0 Å². The van der Waals surface area contributed by atoms with E-state index in [0.717, 1.165) is 0 Å². The van der Waals surface area contributed by atoms with Gasteiger partial charge in [-0.3, -0.25) is 0 Å². The van der Waals surface area contributed by atoms with Crippen molar-refractivity contribution in [3.8, 4) is 0 Å². The molecule has 2 aliphatic carbocycles. The third-order valence-corrected chi connectivity index (χ3v) is 56.6. The number of benzene rings is 1. The molecule has 0 aliphatic heterocycles. The van der Waals surface area contributed by atoms with Crippen molar-refractivity contribution in [1.82, 2.24) is 0 Å². The molecule has 1 atom stereocenters. The molecule has 2 aliphatic rings. The summed E-state index contributed by atoms with van der Waals surface area (Å²) in [6.07, 6.45) is 19.7. The molecular weight excluding hydrogens is 515 g/mol. The Kier molecular flexibility index (Phi) is 3.21. The Morgan fingerprint density at radius 1 is 0.828 bits per heavy atom. The van der Waals surface area contributed by atoms with E-state index in [4.69, 9.17) is 0 Å². The van der Waals surface area contributed by atoms with Gasteiger partial charge in [-0.15, -0.1) is 0 Å². The van der Waals surface area contributed by atoms with Crippen LogP contribution in [0.25, 0.3) is 6.08 Å². The van der Waals surface area contributed by atoms with Gasteiger partial charge in [0.2, 0.25) is 0 Å². The number of hydrogen-bond donors (Lipinski definition) is 0. The molecule has 29 heavy (non-hydrogen) atoms. The van der Waals surface area contributed by atoms with E-state index in [2.05, 4.69) is 102 Å². The maximum absolute atomic E-state index is 5.58. The van der Waals surface area contributed by atoms with E-state index in [-0.39, 0.29) is 3.17 Å². The molecule has 1 aromatic carbocycles. The van der Waals surface area contributed by atoms with Gasteiger partial charge in [-0.25, -0.2) is 0 Å². The molecule has 163 valence electrons. The molecule has 3 rings (SSSR count). The van der Waals surface area contributed by atoms with Gasteiger partial charge in [0, 0.05) is 0 Å². The Balaban J connectivity index is 2.56. The van der Waals surface area contributed by atoms with E-state index in [9.17, 15) is 0 Å². The summed E-state index contributed by atoms with van der Waals surface area (Å²) in [5.41, 5.74) is 5.83. The van der Waals surface area contributed by atoms with Crippen LogP contribution in [-0.4, -0.2) is 0 Å². The van der Waals surface area contributed by atoms with Crippen molar-refractivity contribution < 1.29 is 12.6 Å². The van der Waals surface area contributed by atoms with Crippen LogP contribution in [0.15, 0.2) is 42.5 Å². The third-order valence-electron chi connectivity index (χ3n) is 10.5. The van der Waals surface area contributed by atoms with Crippen molar-refractivity contribution in [3.05, 3.63) is 64.8 Å². The monoisotopic (exact) mass is 563 g/mol. The second-order valence-corrected chi connectivity index (χ2v) is 130. The van der Waals surface area contributed by atoms with Gasteiger partial charge in [0.05, 0.1) is 0 Å². The molecule has 0 aromatic heterocycles. The van der Waals surface area contributed by atoms with Crippen molar-refractivity contribution in [2.45, 2.75) is 86.1 Å². The Morgan fingerprint density at radius 2 is 1.38 bits per heavy atom. The molecule has 1 aromatic rings. The molecule has 1 heteroatoms. The van der Waals surface area contributed by atoms with E-state index in [1.165, 1.54) is 42.4 Å². The van der Waals surface area contributed by atoms with Crippen LogP contribution in [0.4, 0.5) is 0 Å². The van der Waals surface area contributed by atoms with Crippen LogP contribution in [0.1, 0.15) is 54.9 Å². The summed E-state index contributed by atoms with van der Waals surface area (Å²) in [6.45, 7) is 6.86. The molecule has 0 heterocycles. The Bertz CT molecular complexity index is 1030. The number of rotatable bonds is 6. The van der Waals surface area contributed by atoms with Crippen molar-refractivity contribution in [2.75, 3.05) is 0 Å². The average molecular weight is 562 g/mol. The number of hydrogen-bond acceptors (Lipinski definition) is 0. The minimum atomic E-state index is -5.58. The van der Waals surface area contributed by atoms with Crippen LogP contribution >= 0.6 is 0 Å². The van der Waals surface area contributed by atoms with E-state index >= 15 is 0 Å². The van der Waals surface area contributed by atoms with Crippen LogP contribution in [-0.2, 0) is 15.8 Å².